The summed E-state index contributed by atoms with van der Waals surface area (Å²) in [6.45, 7) is 4.53. The van der Waals surface area contributed by atoms with Crippen LogP contribution in [0.3, 0.4) is 0 Å². The van der Waals surface area contributed by atoms with Crippen molar-refractivity contribution in [2.24, 2.45) is 11.8 Å². The summed E-state index contributed by atoms with van der Waals surface area (Å²) in [5, 5.41) is 0. The minimum atomic E-state index is -0.0555. The lowest BCUT2D eigenvalue weighted by molar-refractivity contribution is -0.140. The topological polar surface area (TPSA) is 39.2 Å². The molecule has 3 heteroatoms. The number of aryl methyl sites for hydroxylation is 1. The normalized spacial score (nSPS) is 17.7. The number of unbranched alkanes of at least 4 members (excludes halogenated alkanes) is 9. The van der Waals surface area contributed by atoms with Crippen molar-refractivity contribution in [1.82, 2.24) is 4.98 Å². The Morgan fingerprint density at radius 1 is 0.778 bits per heavy atom. The van der Waals surface area contributed by atoms with Gasteiger partial charge in [-0.2, -0.15) is 0 Å². The summed E-state index contributed by atoms with van der Waals surface area (Å²) in [4.78, 5) is 17.4. The smallest absolute Gasteiger partial charge is 0.314 e. The number of rotatable bonds is 16. The van der Waals surface area contributed by atoms with Crippen LogP contribution in [0.15, 0.2) is 42.6 Å². The largest absolute Gasteiger partial charge is 0.426 e. The molecule has 0 saturated heterocycles. The van der Waals surface area contributed by atoms with Gasteiger partial charge in [-0.25, -0.2) is 0 Å². The molecule has 0 amide bonds. The minimum Gasteiger partial charge on any atom is -0.426 e. The van der Waals surface area contributed by atoms with Crippen LogP contribution in [0.4, 0.5) is 0 Å². The molecule has 1 aromatic heterocycles. The number of carbonyl (C=O) groups excluding carboxylic acids is 1. The molecule has 3 rings (SSSR count). The van der Waals surface area contributed by atoms with Gasteiger partial charge in [-0.3, -0.25) is 9.78 Å². The standard InChI is InChI=1S/C33H49NO2/c1-3-5-7-9-10-11-13-15-28-18-25-32(34-26-28)29-21-23-31(24-22-29)36-33(35)30-19-16-27(17-20-30)14-12-8-6-4-2/h18,21-27,30H,3-17,19-20H2,1-2H3/t27-,30-. The van der Waals surface area contributed by atoms with Crippen molar-refractivity contribution in [3.8, 4) is 17.0 Å². The number of nitrogens with zero attached hydrogens (tertiary/aromatic N) is 1. The first kappa shape index (κ1) is 28.4. The molecule has 1 aliphatic carbocycles. The van der Waals surface area contributed by atoms with Gasteiger partial charge < -0.3 is 4.74 Å². The van der Waals surface area contributed by atoms with Crippen molar-refractivity contribution in [1.29, 1.82) is 0 Å². The van der Waals surface area contributed by atoms with Crippen molar-refractivity contribution in [2.75, 3.05) is 0 Å². The van der Waals surface area contributed by atoms with Crippen LogP contribution in [0, 0.1) is 11.8 Å². The van der Waals surface area contributed by atoms with Gasteiger partial charge in [0.2, 0.25) is 0 Å². The average Bonchev–Trinajstić information content (AvgIpc) is 2.92. The zero-order chi connectivity index (χ0) is 25.4. The molecule has 0 N–H and O–H groups in total. The lowest BCUT2D eigenvalue weighted by atomic mass is 9.80. The maximum absolute atomic E-state index is 12.7. The molecular weight excluding hydrogens is 442 g/mol. The monoisotopic (exact) mass is 491 g/mol. The number of hydrogen-bond acceptors (Lipinski definition) is 3. The fraction of sp³-hybridized carbons (Fsp3) is 0.636. The van der Waals surface area contributed by atoms with Gasteiger partial charge in [-0.1, -0.05) is 90.5 Å². The van der Waals surface area contributed by atoms with Gasteiger partial charge in [0, 0.05) is 11.8 Å². The van der Waals surface area contributed by atoms with E-state index < -0.39 is 0 Å². The third-order valence-electron chi connectivity index (χ3n) is 7.91. The summed E-state index contributed by atoms with van der Waals surface area (Å²) in [6, 6.07) is 12.1. The lowest BCUT2D eigenvalue weighted by Gasteiger charge is -2.27. The van der Waals surface area contributed by atoms with Gasteiger partial charge in [0.15, 0.2) is 0 Å². The quantitative estimate of drug-likeness (QED) is 0.133. The molecule has 1 aliphatic rings. The summed E-state index contributed by atoms with van der Waals surface area (Å²) in [7, 11) is 0. The van der Waals surface area contributed by atoms with Crippen molar-refractivity contribution in [3.05, 3.63) is 48.2 Å². The zero-order valence-electron chi connectivity index (χ0n) is 23.0. The molecule has 3 nitrogen and oxygen atoms in total. The van der Waals surface area contributed by atoms with E-state index in [2.05, 4.69) is 31.0 Å². The molecule has 1 heterocycles. The Hall–Kier alpha value is -2.16. The van der Waals surface area contributed by atoms with E-state index in [1.807, 2.05) is 30.5 Å². The first-order chi connectivity index (χ1) is 17.7. The van der Waals surface area contributed by atoms with Crippen LogP contribution in [0.2, 0.25) is 0 Å². The molecule has 1 aromatic carbocycles. The fourth-order valence-electron chi connectivity index (χ4n) is 5.47. The molecular formula is C33H49NO2. The third kappa shape index (κ3) is 10.1. The Kier molecular flexibility index (Phi) is 13.1. The van der Waals surface area contributed by atoms with E-state index in [1.54, 1.807) is 0 Å². The molecule has 0 unspecified atom stereocenters. The predicted octanol–water partition coefficient (Wildman–Crippen LogP) is 9.72. The van der Waals surface area contributed by atoms with E-state index >= 15 is 0 Å². The van der Waals surface area contributed by atoms with Crippen LogP contribution in [0.25, 0.3) is 11.3 Å². The highest BCUT2D eigenvalue weighted by Gasteiger charge is 2.27. The Bertz CT molecular complexity index is 850. The van der Waals surface area contributed by atoms with Crippen LogP contribution in [-0.2, 0) is 11.2 Å². The highest BCUT2D eigenvalue weighted by atomic mass is 16.5. The average molecular weight is 492 g/mol. The first-order valence-corrected chi connectivity index (χ1v) is 15.0. The lowest BCUT2D eigenvalue weighted by Crippen LogP contribution is -2.25. The zero-order valence-corrected chi connectivity index (χ0v) is 23.0. The Labute approximate surface area is 220 Å². The molecule has 198 valence electrons. The third-order valence-corrected chi connectivity index (χ3v) is 7.91. The van der Waals surface area contributed by atoms with Crippen molar-refractivity contribution < 1.29 is 9.53 Å². The summed E-state index contributed by atoms with van der Waals surface area (Å²) >= 11 is 0. The summed E-state index contributed by atoms with van der Waals surface area (Å²) in [6.07, 6.45) is 23.4. The van der Waals surface area contributed by atoms with E-state index in [1.165, 1.54) is 95.5 Å². The summed E-state index contributed by atoms with van der Waals surface area (Å²) in [5.74, 6) is 1.45. The highest BCUT2D eigenvalue weighted by Crippen LogP contribution is 2.33. The number of esters is 1. The second-order valence-electron chi connectivity index (χ2n) is 10.9. The second kappa shape index (κ2) is 16.6. The summed E-state index contributed by atoms with van der Waals surface area (Å²) in [5.41, 5.74) is 3.34. The van der Waals surface area contributed by atoms with Crippen LogP contribution in [0.5, 0.6) is 5.75 Å². The maximum atomic E-state index is 12.7. The SMILES string of the molecule is CCCCCCCCCc1ccc(-c2ccc(OC(=O)[C@H]3CC[C@H](CCCCCC)CC3)cc2)nc1. The number of aromatic nitrogens is 1. The molecule has 0 bridgehead atoms. The van der Waals surface area contributed by atoms with Gasteiger partial charge in [0.05, 0.1) is 11.6 Å². The van der Waals surface area contributed by atoms with E-state index in [0.29, 0.717) is 5.75 Å². The van der Waals surface area contributed by atoms with Crippen LogP contribution in [-0.4, -0.2) is 11.0 Å². The molecule has 0 atom stereocenters. The Balaban J connectivity index is 1.37. The van der Waals surface area contributed by atoms with E-state index in [0.717, 1.165) is 36.4 Å². The van der Waals surface area contributed by atoms with E-state index in [-0.39, 0.29) is 11.9 Å². The van der Waals surface area contributed by atoms with Gasteiger partial charge in [0.1, 0.15) is 5.75 Å². The van der Waals surface area contributed by atoms with Gasteiger partial charge in [-0.05, 0) is 80.3 Å². The van der Waals surface area contributed by atoms with Crippen LogP contribution >= 0.6 is 0 Å². The number of carbonyl (C=O) groups is 1. The number of hydrogen-bond donors (Lipinski definition) is 0. The molecule has 1 fully saturated rings. The number of benzene rings is 1. The van der Waals surface area contributed by atoms with Crippen LogP contribution < -0.4 is 4.74 Å². The highest BCUT2D eigenvalue weighted by molar-refractivity contribution is 5.75. The maximum Gasteiger partial charge on any atom is 0.314 e. The Morgan fingerprint density at radius 3 is 2.06 bits per heavy atom. The second-order valence-corrected chi connectivity index (χ2v) is 10.9. The van der Waals surface area contributed by atoms with Crippen molar-refractivity contribution in [3.63, 3.8) is 0 Å². The minimum absolute atomic E-state index is 0.0555. The van der Waals surface area contributed by atoms with Gasteiger partial charge in [0.25, 0.3) is 0 Å². The molecule has 2 aromatic rings. The first-order valence-electron chi connectivity index (χ1n) is 15.0. The molecule has 0 spiro atoms. The number of ether oxygens (including phenoxy) is 1. The van der Waals surface area contributed by atoms with Gasteiger partial charge in [-0.15, -0.1) is 0 Å². The molecule has 1 saturated carbocycles. The number of pyridine rings is 1. The predicted molar refractivity (Wildman–Crippen MR) is 151 cm³/mol. The summed E-state index contributed by atoms with van der Waals surface area (Å²) < 4.78 is 5.74. The Morgan fingerprint density at radius 2 is 1.42 bits per heavy atom. The fourth-order valence-corrected chi connectivity index (χ4v) is 5.47. The molecule has 0 radical (unpaired) electrons. The van der Waals surface area contributed by atoms with E-state index in [9.17, 15) is 4.79 Å². The van der Waals surface area contributed by atoms with Crippen molar-refractivity contribution in [2.45, 2.75) is 123 Å². The van der Waals surface area contributed by atoms with Crippen LogP contribution in [0.1, 0.15) is 122 Å². The molecule has 0 aliphatic heterocycles. The molecule has 36 heavy (non-hydrogen) atoms. The van der Waals surface area contributed by atoms with Crippen molar-refractivity contribution >= 4 is 5.97 Å². The van der Waals surface area contributed by atoms with E-state index in [4.69, 9.17) is 4.74 Å². The van der Waals surface area contributed by atoms with Gasteiger partial charge >= 0.3 is 5.97 Å².